The van der Waals surface area contributed by atoms with Gasteiger partial charge in [-0.3, -0.25) is 4.79 Å². The summed E-state index contributed by atoms with van der Waals surface area (Å²) in [4.78, 5) is 30.2. The highest BCUT2D eigenvalue weighted by molar-refractivity contribution is 5.92. The molecule has 3 aliphatic rings. The molecule has 1 aliphatic heterocycles. The first-order valence-corrected chi connectivity index (χ1v) is 8.93. The van der Waals surface area contributed by atoms with Gasteiger partial charge < -0.3 is 20.3 Å². The second-order valence-corrected chi connectivity index (χ2v) is 7.61. The number of aromatic carboxylic acids is 1. The fraction of sp³-hybridized carbons (Fsp3) is 0.500. The van der Waals surface area contributed by atoms with Gasteiger partial charge in [-0.2, -0.15) is 0 Å². The van der Waals surface area contributed by atoms with Crippen LogP contribution in [-0.2, 0) is 0 Å². The molecule has 3 fully saturated rings. The van der Waals surface area contributed by atoms with E-state index in [1.54, 1.807) is 4.57 Å². The quantitative estimate of drug-likeness (QED) is 0.852. The number of halogens is 1. The van der Waals surface area contributed by atoms with Crippen LogP contribution in [0.4, 0.5) is 10.2 Å². The van der Waals surface area contributed by atoms with Crippen LogP contribution in [0.5, 0.6) is 0 Å². The molecule has 26 heavy (non-hydrogen) atoms. The fourth-order valence-electron chi connectivity index (χ4n) is 4.41. The van der Waals surface area contributed by atoms with Gasteiger partial charge in [0.1, 0.15) is 11.2 Å². The molecule has 2 saturated carbocycles. The van der Waals surface area contributed by atoms with Gasteiger partial charge in [-0.25, -0.2) is 14.2 Å². The van der Waals surface area contributed by atoms with Crippen molar-refractivity contribution in [2.45, 2.75) is 18.9 Å². The Morgan fingerprint density at radius 2 is 2.04 bits per heavy atom. The number of pyridine rings is 2. The molecule has 5 rings (SSSR count). The van der Waals surface area contributed by atoms with Crippen molar-refractivity contribution in [1.82, 2.24) is 9.55 Å². The Morgan fingerprint density at radius 3 is 2.62 bits per heavy atom. The Hall–Kier alpha value is -2.48. The monoisotopic (exact) mass is 358 g/mol. The van der Waals surface area contributed by atoms with Crippen LogP contribution in [0.2, 0.25) is 0 Å². The van der Waals surface area contributed by atoms with Gasteiger partial charge in [0, 0.05) is 25.3 Å². The molecule has 7 nitrogen and oxygen atoms in total. The molecule has 3 heterocycles. The predicted octanol–water partition coefficient (Wildman–Crippen LogP) is 1.21. The largest absolute Gasteiger partial charge is 0.477 e. The second kappa shape index (κ2) is 5.26. The van der Waals surface area contributed by atoms with E-state index in [1.165, 1.54) is 6.20 Å². The summed E-state index contributed by atoms with van der Waals surface area (Å²) < 4.78 is 16.5. The highest BCUT2D eigenvalue weighted by Gasteiger charge is 2.55. The lowest BCUT2D eigenvalue weighted by Gasteiger charge is -2.22. The van der Waals surface area contributed by atoms with Crippen molar-refractivity contribution in [2.24, 2.45) is 23.5 Å². The molecule has 3 N–H and O–H groups in total. The topological polar surface area (TPSA) is 101 Å². The number of aromatic nitrogens is 2. The molecule has 0 amide bonds. The maximum absolute atomic E-state index is 14.7. The molecule has 0 radical (unpaired) electrons. The number of hydrogen-bond acceptors (Lipinski definition) is 5. The Balaban J connectivity index is 1.63. The van der Waals surface area contributed by atoms with Crippen LogP contribution in [0.3, 0.4) is 0 Å². The summed E-state index contributed by atoms with van der Waals surface area (Å²) in [6.07, 6.45) is 3.15. The van der Waals surface area contributed by atoms with Gasteiger partial charge in [0.15, 0.2) is 11.6 Å². The molecular formula is C18H19FN4O3. The summed E-state index contributed by atoms with van der Waals surface area (Å²) in [5.74, 6) is -0.114. The van der Waals surface area contributed by atoms with Gasteiger partial charge in [0.05, 0.1) is 5.39 Å². The van der Waals surface area contributed by atoms with E-state index in [4.69, 9.17) is 5.73 Å². The minimum Gasteiger partial charge on any atom is -0.477 e. The van der Waals surface area contributed by atoms with Crippen LogP contribution < -0.4 is 16.1 Å². The van der Waals surface area contributed by atoms with Crippen molar-refractivity contribution in [1.29, 1.82) is 0 Å². The van der Waals surface area contributed by atoms with Crippen molar-refractivity contribution in [2.75, 3.05) is 24.5 Å². The standard InChI is InChI=1S/C18H19FN4O3/c19-14-3-9-15(24)13(18(25)26)7-23(8-1-2-8)16(9)21-17(14)22-5-11-10(4-20)12(11)6-22/h3,7-8,10-12H,1-2,4-6,20H2,(H,25,26). The molecule has 2 atom stereocenters. The average molecular weight is 358 g/mol. The third-order valence-electron chi connectivity index (χ3n) is 6.05. The van der Waals surface area contributed by atoms with Gasteiger partial charge in [-0.05, 0) is 43.2 Å². The fourth-order valence-corrected chi connectivity index (χ4v) is 4.41. The van der Waals surface area contributed by atoms with Crippen LogP contribution in [-0.4, -0.2) is 40.3 Å². The van der Waals surface area contributed by atoms with E-state index in [0.717, 1.165) is 32.0 Å². The highest BCUT2D eigenvalue weighted by Crippen LogP contribution is 2.52. The molecular weight excluding hydrogens is 339 g/mol. The van der Waals surface area contributed by atoms with Crippen molar-refractivity contribution in [3.05, 3.63) is 33.9 Å². The van der Waals surface area contributed by atoms with E-state index in [9.17, 15) is 19.1 Å². The van der Waals surface area contributed by atoms with Gasteiger partial charge in [0.2, 0.25) is 5.43 Å². The number of fused-ring (bicyclic) bond motifs is 2. The summed E-state index contributed by atoms with van der Waals surface area (Å²) in [6, 6.07) is 1.27. The highest BCUT2D eigenvalue weighted by atomic mass is 19.1. The first-order chi connectivity index (χ1) is 12.5. The lowest BCUT2D eigenvalue weighted by molar-refractivity contribution is 0.0695. The molecule has 0 aromatic carbocycles. The molecule has 2 aliphatic carbocycles. The van der Waals surface area contributed by atoms with Gasteiger partial charge in [0.25, 0.3) is 0 Å². The third-order valence-corrected chi connectivity index (χ3v) is 6.05. The molecule has 0 spiro atoms. The normalized spacial score (nSPS) is 27.0. The van der Waals surface area contributed by atoms with E-state index in [0.29, 0.717) is 29.9 Å². The van der Waals surface area contributed by atoms with E-state index >= 15 is 0 Å². The lowest BCUT2D eigenvalue weighted by Crippen LogP contribution is -2.28. The van der Waals surface area contributed by atoms with E-state index in [2.05, 4.69) is 4.98 Å². The summed E-state index contributed by atoms with van der Waals surface area (Å²) in [6.45, 7) is 2.11. The van der Waals surface area contributed by atoms with E-state index in [1.807, 2.05) is 4.90 Å². The Labute approximate surface area is 148 Å². The molecule has 2 unspecified atom stereocenters. The molecule has 1 saturated heterocycles. The zero-order valence-electron chi connectivity index (χ0n) is 14.1. The van der Waals surface area contributed by atoms with Gasteiger partial charge in [-0.15, -0.1) is 0 Å². The molecule has 8 heteroatoms. The van der Waals surface area contributed by atoms with Crippen LogP contribution in [0.25, 0.3) is 11.0 Å². The Kier molecular flexibility index (Phi) is 3.19. The first kappa shape index (κ1) is 15.7. The minimum atomic E-state index is -1.30. The smallest absolute Gasteiger partial charge is 0.341 e. The summed E-state index contributed by atoms with van der Waals surface area (Å²) in [5, 5.41) is 9.31. The number of carboxylic acid groups (broad SMARTS) is 1. The molecule has 2 aromatic rings. The summed E-state index contributed by atoms with van der Waals surface area (Å²) in [5.41, 5.74) is 5.08. The molecule has 0 bridgehead atoms. The number of hydrogen-bond donors (Lipinski definition) is 2. The van der Waals surface area contributed by atoms with Crippen molar-refractivity contribution in [3.63, 3.8) is 0 Å². The van der Waals surface area contributed by atoms with E-state index < -0.39 is 17.2 Å². The van der Waals surface area contributed by atoms with Crippen LogP contribution in [0, 0.1) is 23.6 Å². The first-order valence-electron chi connectivity index (χ1n) is 8.93. The lowest BCUT2D eigenvalue weighted by atomic mass is 10.1. The van der Waals surface area contributed by atoms with Crippen molar-refractivity contribution in [3.8, 4) is 0 Å². The number of anilines is 1. The van der Waals surface area contributed by atoms with Crippen LogP contribution in [0.15, 0.2) is 17.1 Å². The average Bonchev–Trinajstić information content (AvgIpc) is 3.52. The zero-order chi connectivity index (χ0) is 18.2. The van der Waals surface area contributed by atoms with Crippen molar-refractivity contribution >= 4 is 22.8 Å². The Morgan fingerprint density at radius 1 is 1.35 bits per heavy atom. The minimum absolute atomic E-state index is 0.0299. The maximum Gasteiger partial charge on any atom is 0.341 e. The van der Waals surface area contributed by atoms with E-state index in [-0.39, 0.29) is 22.8 Å². The molecule has 2 aromatic heterocycles. The number of carboxylic acids is 1. The third kappa shape index (κ3) is 2.18. The zero-order valence-corrected chi connectivity index (χ0v) is 14.1. The summed E-state index contributed by atoms with van der Waals surface area (Å²) >= 11 is 0. The Bertz CT molecular complexity index is 988. The number of rotatable bonds is 4. The SMILES string of the molecule is NCC1C2CN(c3nc4c(cc3F)c(=O)c(C(=O)O)cn4C3CC3)CC12. The predicted molar refractivity (Wildman–Crippen MR) is 92.9 cm³/mol. The summed E-state index contributed by atoms with van der Waals surface area (Å²) in [7, 11) is 0. The molecule has 136 valence electrons. The van der Waals surface area contributed by atoms with Gasteiger partial charge in [-0.1, -0.05) is 0 Å². The number of piperidine rings is 1. The van der Waals surface area contributed by atoms with Crippen LogP contribution in [0.1, 0.15) is 29.2 Å². The van der Waals surface area contributed by atoms with Crippen molar-refractivity contribution < 1.29 is 14.3 Å². The number of nitrogens with two attached hydrogens (primary N) is 1. The second-order valence-electron chi connectivity index (χ2n) is 7.61. The maximum atomic E-state index is 14.7. The van der Waals surface area contributed by atoms with Gasteiger partial charge >= 0.3 is 5.97 Å². The number of carbonyl (C=O) groups is 1. The van der Waals surface area contributed by atoms with Crippen LogP contribution >= 0.6 is 0 Å². The number of nitrogens with zero attached hydrogens (tertiary/aromatic N) is 3.